The molecule has 1 aromatic carbocycles. The number of likely N-dealkylation sites (tertiary alicyclic amines) is 1. The molecule has 0 aromatic heterocycles. The lowest BCUT2D eigenvalue weighted by molar-refractivity contribution is 0.370. The second kappa shape index (κ2) is 5.71. The zero-order chi connectivity index (χ0) is 12.1. The van der Waals surface area contributed by atoms with Gasteiger partial charge in [-0.25, -0.2) is 0 Å². The molecule has 1 fully saturated rings. The van der Waals surface area contributed by atoms with Crippen molar-refractivity contribution in [3.8, 4) is 5.75 Å². The van der Waals surface area contributed by atoms with Gasteiger partial charge in [0.15, 0.2) is 0 Å². The Labute approximate surface area is 103 Å². The highest BCUT2D eigenvalue weighted by atomic mass is 16.5. The predicted molar refractivity (Wildman–Crippen MR) is 69.8 cm³/mol. The summed E-state index contributed by atoms with van der Waals surface area (Å²) >= 11 is 0. The summed E-state index contributed by atoms with van der Waals surface area (Å²) in [7, 11) is 1.68. The maximum atomic E-state index is 7.88. The van der Waals surface area contributed by atoms with Crippen molar-refractivity contribution < 1.29 is 4.74 Å². The number of hydrogen-bond donors (Lipinski definition) is 1. The molecule has 0 amide bonds. The fraction of sp³-hybridized carbons (Fsp3) is 0.500. The van der Waals surface area contributed by atoms with Gasteiger partial charge in [0.2, 0.25) is 0 Å². The van der Waals surface area contributed by atoms with Crippen LogP contribution >= 0.6 is 0 Å². The largest absolute Gasteiger partial charge is 0.497 e. The molecular formula is C14H20N2O. The molecule has 0 saturated carbocycles. The number of amidine groups is 1. The minimum atomic E-state index is 0.810. The lowest BCUT2D eigenvalue weighted by Gasteiger charge is -2.29. The highest BCUT2D eigenvalue weighted by Crippen LogP contribution is 2.14. The zero-order valence-corrected chi connectivity index (χ0v) is 10.4. The molecule has 1 aromatic rings. The number of piperidine rings is 1. The highest BCUT2D eigenvalue weighted by molar-refractivity contribution is 5.79. The maximum absolute atomic E-state index is 7.88. The quantitative estimate of drug-likeness (QED) is 0.866. The molecular weight excluding hydrogens is 212 g/mol. The summed E-state index contributed by atoms with van der Waals surface area (Å²) in [6.07, 6.45) is 4.36. The third kappa shape index (κ3) is 3.22. The Hall–Kier alpha value is -1.51. The average molecular weight is 232 g/mol. The van der Waals surface area contributed by atoms with Crippen LogP contribution in [0.2, 0.25) is 0 Å². The smallest absolute Gasteiger partial charge is 0.118 e. The van der Waals surface area contributed by atoms with E-state index in [4.69, 9.17) is 10.1 Å². The van der Waals surface area contributed by atoms with Crippen molar-refractivity contribution in [2.24, 2.45) is 0 Å². The first-order chi connectivity index (χ1) is 8.29. The van der Waals surface area contributed by atoms with Gasteiger partial charge >= 0.3 is 0 Å². The van der Waals surface area contributed by atoms with Crippen molar-refractivity contribution in [2.45, 2.75) is 25.7 Å². The summed E-state index contributed by atoms with van der Waals surface area (Å²) in [6.45, 7) is 2.01. The lowest BCUT2D eigenvalue weighted by atomic mass is 10.1. The molecule has 0 radical (unpaired) electrons. The third-order valence-electron chi connectivity index (χ3n) is 3.30. The van der Waals surface area contributed by atoms with Gasteiger partial charge in [0.1, 0.15) is 5.75 Å². The molecule has 0 aliphatic carbocycles. The van der Waals surface area contributed by atoms with Crippen molar-refractivity contribution in [1.29, 1.82) is 5.41 Å². The maximum Gasteiger partial charge on any atom is 0.118 e. The van der Waals surface area contributed by atoms with Crippen LogP contribution in [0.25, 0.3) is 0 Å². The van der Waals surface area contributed by atoms with Crippen LogP contribution in [-0.2, 0) is 6.42 Å². The second-order valence-electron chi connectivity index (χ2n) is 4.49. The van der Waals surface area contributed by atoms with Crippen molar-refractivity contribution >= 4 is 5.84 Å². The number of methoxy groups -OCH3 is 1. The van der Waals surface area contributed by atoms with Gasteiger partial charge < -0.3 is 9.64 Å². The number of benzene rings is 1. The molecule has 1 N–H and O–H groups in total. The summed E-state index contributed by atoms with van der Waals surface area (Å²) in [6, 6.07) is 8.20. The van der Waals surface area contributed by atoms with Crippen LogP contribution in [0, 0.1) is 5.41 Å². The molecule has 17 heavy (non-hydrogen) atoms. The summed E-state index contributed by atoms with van der Waals surface area (Å²) in [4.78, 5) is 2.20. The summed E-state index contributed by atoms with van der Waals surface area (Å²) in [5.41, 5.74) is 1.31. The second-order valence-corrected chi connectivity index (χ2v) is 4.49. The van der Waals surface area contributed by atoms with Crippen LogP contribution in [0.4, 0.5) is 0 Å². The Morgan fingerprint density at radius 1 is 1.24 bits per heavy atom. The van der Waals surface area contributed by atoms with E-state index in [0.717, 1.165) is 37.5 Å². The number of nitrogens with zero attached hydrogens (tertiary/aromatic N) is 1. The SMILES string of the molecule is COc1ccc(CCN2CCCCC2=N)cc1. The van der Waals surface area contributed by atoms with E-state index in [2.05, 4.69) is 17.0 Å². The van der Waals surface area contributed by atoms with Crippen molar-refractivity contribution in [1.82, 2.24) is 4.90 Å². The van der Waals surface area contributed by atoms with E-state index in [9.17, 15) is 0 Å². The monoisotopic (exact) mass is 232 g/mol. The Balaban J connectivity index is 1.86. The van der Waals surface area contributed by atoms with E-state index in [0.29, 0.717) is 0 Å². The van der Waals surface area contributed by atoms with Crippen molar-refractivity contribution in [2.75, 3.05) is 20.2 Å². The minimum Gasteiger partial charge on any atom is -0.497 e. The van der Waals surface area contributed by atoms with Crippen LogP contribution in [0.3, 0.4) is 0 Å². The van der Waals surface area contributed by atoms with E-state index in [1.54, 1.807) is 7.11 Å². The molecule has 1 heterocycles. The number of rotatable bonds is 4. The van der Waals surface area contributed by atoms with E-state index in [1.165, 1.54) is 18.4 Å². The normalized spacial score (nSPS) is 16.1. The Morgan fingerprint density at radius 2 is 2.00 bits per heavy atom. The van der Waals surface area contributed by atoms with Gasteiger partial charge in [0.05, 0.1) is 12.9 Å². The van der Waals surface area contributed by atoms with Crippen LogP contribution in [0.5, 0.6) is 5.75 Å². The van der Waals surface area contributed by atoms with E-state index in [-0.39, 0.29) is 0 Å². The molecule has 0 unspecified atom stereocenters. The molecule has 3 heteroatoms. The topological polar surface area (TPSA) is 36.3 Å². The molecule has 92 valence electrons. The van der Waals surface area contributed by atoms with Gasteiger partial charge in [-0.3, -0.25) is 5.41 Å². The van der Waals surface area contributed by atoms with Crippen LogP contribution in [0.15, 0.2) is 24.3 Å². The third-order valence-corrected chi connectivity index (χ3v) is 3.30. The molecule has 0 atom stereocenters. The Morgan fingerprint density at radius 3 is 2.65 bits per heavy atom. The van der Waals surface area contributed by atoms with E-state index >= 15 is 0 Å². The van der Waals surface area contributed by atoms with Gasteiger partial charge in [-0.1, -0.05) is 12.1 Å². The molecule has 1 aliphatic rings. The first-order valence-corrected chi connectivity index (χ1v) is 6.25. The predicted octanol–water partition coefficient (Wildman–Crippen LogP) is 2.70. The lowest BCUT2D eigenvalue weighted by Crippen LogP contribution is -2.36. The number of ether oxygens (including phenoxy) is 1. The van der Waals surface area contributed by atoms with Crippen molar-refractivity contribution in [3.05, 3.63) is 29.8 Å². The molecule has 0 bridgehead atoms. The summed E-state index contributed by atoms with van der Waals surface area (Å²) in [5.74, 6) is 1.71. The summed E-state index contributed by atoms with van der Waals surface area (Å²) in [5, 5.41) is 7.88. The first-order valence-electron chi connectivity index (χ1n) is 6.25. The van der Waals surface area contributed by atoms with Gasteiger partial charge in [0.25, 0.3) is 0 Å². The molecule has 1 aliphatic heterocycles. The molecule has 1 saturated heterocycles. The zero-order valence-electron chi connectivity index (χ0n) is 10.4. The van der Waals surface area contributed by atoms with Crippen molar-refractivity contribution in [3.63, 3.8) is 0 Å². The van der Waals surface area contributed by atoms with Crippen LogP contribution in [0.1, 0.15) is 24.8 Å². The van der Waals surface area contributed by atoms with Gasteiger partial charge in [-0.15, -0.1) is 0 Å². The number of hydrogen-bond acceptors (Lipinski definition) is 2. The number of nitrogens with one attached hydrogen (secondary N) is 1. The fourth-order valence-electron chi connectivity index (χ4n) is 2.19. The standard InChI is InChI=1S/C14H20N2O/c1-17-13-7-5-12(6-8-13)9-11-16-10-3-2-4-14(16)15/h5-8,15H,2-4,9-11H2,1H3. The minimum absolute atomic E-state index is 0.810. The van der Waals surface area contributed by atoms with Crippen LogP contribution in [-0.4, -0.2) is 30.9 Å². The van der Waals surface area contributed by atoms with E-state index < -0.39 is 0 Å². The fourth-order valence-corrected chi connectivity index (χ4v) is 2.19. The Bertz CT molecular complexity index is 372. The van der Waals surface area contributed by atoms with Gasteiger partial charge in [-0.2, -0.15) is 0 Å². The molecule has 2 rings (SSSR count). The van der Waals surface area contributed by atoms with Gasteiger partial charge in [0, 0.05) is 19.5 Å². The first kappa shape index (κ1) is 12.0. The average Bonchev–Trinajstić information content (AvgIpc) is 2.38. The highest BCUT2D eigenvalue weighted by Gasteiger charge is 2.13. The molecule has 3 nitrogen and oxygen atoms in total. The van der Waals surface area contributed by atoms with E-state index in [1.807, 2.05) is 12.1 Å². The Kier molecular flexibility index (Phi) is 4.02. The van der Waals surface area contributed by atoms with Gasteiger partial charge in [-0.05, 0) is 37.0 Å². The van der Waals surface area contributed by atoms with Crippen LogP contribution < -0.4 is 4.74 Å². The summed E-state index contributed by atoms with van der Waals surface area (Å²) < 4.78 is 5.14. The molecule has 0 spiro atoms.